The first-order valence-electron chi connectivity index (χ1n) is 7.98. The Labute approximate surface area is 152 Å². The predicted molar refractivity (Wildman–Crippen MR) is 99.2 cm³/mol. The first-order chi connectivity index (χ1) is 12.6. The summed E-state index contributed by atoms with van der Waals surface area (Å²) < 4.78 is 0. The standard InChI is InChI=1S/C21H18N2O3/c22-14-19(21(25)26)15-23-20(24)18-12-10-17(11-13-18)9-5-4-8-16-6-2-1-3-7-16/h1-3,6-7,10-13,19H,14-15,22H2,(H,23,24)(H,25,26)/t19-/m0/s1. The van der Waals surface area contributed by atoms with Crippen LogP contribution < -0.4 is 11.1 Å². The second-order valence-corrected chi connectivity index (χ2v) is 5.42. The molecule has 0 aliphatic heterocycles. The van der Waals surface area contributed by atoms with E-state index in [1.165, 1.54) is 0 Å². The molecule has 0 aliphatic carbocycles. The maximum absolute atomic E-state index is 12.0. The van der Waals surface area contributed by atoms with E-state index in [0.29, 0.717) is 5.56 Å². The Morgan fingerprint density at radius 2 is 1.54 bits per heavy atom. The average molecular weight is 346 g/mol. The molecule has 130 valence electrons. The van der Waals surface area contributed by atoms with Gasteiger partial charge in [0.05, 0.1) is 5.92 Å². The highest BCUT2D eigenvalue weighted by Crippen LogP contribution is 2.04. The molecule has 5 nitrogen and oxygen atoms in total. The molecule has 0 bridgehead atoms. The van der Waals surface area contributed by atoms with Crippen LogP contribution in [0.3, 0.4) is 0 Å². The maximum Gasteiger partial charge on any atom is 0.309 e. The van der Waals surface area contributed by atoms with Crippen LogP contribution in [0.1, 0.15) is 21.5 Å². The molecule has 0 saturated carbocycles. The van der Waals surface area contributed by atoms with Crippen molar-refractivity contribution in [2.45, 2.75) is 0 Å². The molecular formula is C21H18N2O3. The van der Waals surface area contributed by atoms with Crippen molar-refractivity contribution in [3.8, 4) is 23.7 Å². The number of benzene rings is 2. The molecule has 0 aliphatic rings. The lowest BCUT2D eigenvalue weighted by atomic mass is 10.1. The van der Waals surface area contributed by atoms with E-state index < -0.39 is 11.9 Å². The van der Waals surface area contributed by atoms with Crippen molar-refractivity contribution in [1.29, 1.82) is 0 Å². The van der Waals surface area contributed by atoms with Crippen LogP contribution in [0.25, 0.3) is 0 Å². The van der Waals surface area contributed by atoms with Crippen LogP contribution in [0.2, 0.25) is 0 Å². The fourth-order valence-corrected chi connectivity index (χ4v) is 2.02. The lowest BCUT2D eigenvalue weighted by Gasteiger charge is -2.10. The summed E-state index contributed by atoms with van der Waals surface area (Å²) in [5, 5.41) is 11.5. The van der Waals surface area contributed by atoms with E-state index in [1.807, 2.05) is 30.3 Å². The van der Waals surface area contributed by atoms with E-state index in [0.717, 1.165) is 11.1 Å². The zero-order valence-electron chi connectivity index (χ0n) is 14.0. The quantitative estimate of drug-likeness (QED) is 0.715. The zero-order valence-corrected chi connectivity index (χ0v) is 14.0. The average Bonchev–Trinajstić information content (AvgIpc) is 2.66. The topological polar surface area (TPSA) is 92.4 Å². The summed E-state index contributed by atoms with van der Waals surface area (Å²) in [7, 11) is 0. The van der Waals surface area contributed by atoms with Gasteiger partial charge in [0.1, 0.15) is 0 Å². The summed E-state index contributed by atoms with van der Waals surface area (Å²) in [5.74, 6) is 9.21. The van der Waals surface area contributed by atoms with E-state index in [2.05, 4.69) is 29.0 Å². The largest absolute Gasteiger partial charge is 0.481 e. The highest BCUT2D eigenvalue weighted by atomic mass is 16.4. The number of carbonyl (C=O) groups is 2. The number of rotatable bonds is 5. The van der Waals surface area contributed by atoms with E-state index in [9.17, 15) is 9.59 Å². The Kier molecular flexibility index (Phi) is 7.00. The first-order valence-corrected chi connectivity index (χ1v) is 7.98. The van der Waals surface area contributed by atoms with Crippen LogP contribution in [0.5, 0.6) is 0 Å². The Balaban J connectivity index is 1.94. The maximum atomic E-state index is 12.0. The minimum absolute atomic E-state index is 0.0126. The van der Waals surface area contributed by atoms with Crippen molar-refractivity contribution < 1.29 is 14.7 Å². The van der Waals surface area contributed by atoms with Crippen molar-refractivity contribution in [2.24, 2.45) is 11.7 Å². The van der Waals surface area contributed by atoms with Gasteiger partial charge in [0, 0.05) is 29.8 Å². The molecule has 2 aromatic carbocycles. The number of hydrogen-bond acceptors (Lipinski definition) is 3. The SMILES string of the molecule is NC[C@@H](CNC(=O)c1ccc(C#CC#Cc2ccccc2)cc1)C(=O)O. The van der Waals surface area contributed by atoms with Crippen LogP contribution >= 0.6 is 0 Å². The lowest BCUT2D eigenvalue weighted by molar-refractivity contribution is -0.141. The number of carbonyl (C=O) groups excluding carboxylic acids is 1. The van der Waals surface area contributed by atoms with Gasteiger partial charge in [-0.05, 0) is 48.2 Å². The Morgan fingerprint density at radius 3 is 2.08 bits per heavy atom. The number of carboxylic acid groups (broad SMARTS) is 1. The Morgan fingerprint density at radius 1 is 0.962 bits per heavy atom. The van der Waals surface area contributed by atoms with Crippen molar-refractivity contribution in [3.05, 3.63) is 71.3 Å². The van der Waals surface area contributed by atoms with Crippen LogP contribution in [-0.4, -0.2) is 30.1 Å². The molecule has 0 aromatic heterocycles. The van der Waals surface area contributed by atoms with Gasteiger partial charge in [0.25, 0.3) is 5.91 Å². The fraction of sp³-hybridized carbons (Fsp3) is 0.143. The molecule has 1 amide bonds. The molecule has 0 saturated heterocycles. The highest BCUT2D eigenvalue weighted by molar-refractivity contribution is 5.94. The molecular weight excluding hydrogens is 328 g/mol. The molecule has 26 heavy (non-hydrogen) atoms. The minimum atomic E-state index is -1.03. The summed E-state index contributed by atoms with van der Waals surface area (Å²) >= 11 is 0. The third kappa shape index (κ3) is 5.83. The molecule has 4 N–H and O–H groups in total. The van der Waals surface area contributed by atoms with Gasteiger partial charge < -0.3 is 16.2 Å². The number of hydrogen-bond donors (Lipinski definition) is 3. The molecule has 5 heteroatoms. The van der Waals surface area contributed by atoms with Crippen molar-refractivity contribution in [1.82, 2.24) is 5.32 Å². The lowest BCUT2D eigenvalue weighted by Crippen LogP contribution is -2.36. The normalized spacial score (nSPS) is 10.5. The van der Waals surface area contributed by atoms with Crippen LogP contribution in [0.15, 0.2) is 54.6 Å². The molecule has 2 rings (SSSR count). The second-order valence-electron chi connectivity index (χ2n) is 5.42. The van der Waals surface area contributed by atoms with Gasteiger partial charge in [0.2, 0.25) is 0 Å². The highest BCUT2D eigenvalue weighted by Gasteiger charge is 2.16. The molecule has 2 aromatic rings. The summed E-state index contributed by atoms with van der Waals surface area (Å²) in [6.07, 6.45) is 0. The minimum Gasteiger partial charge on any atom is -0.481 e. The number of nitrogens with two attached hydrogens (primary N) is 1. The number of aliphatic carboxylic acids is 1. The number of nitrogens with one attached hydrogen (secondary N) is 1. The monoisotopic (exact) mass is 346 g/mol. The second kappa shape index (κ2) is 9.68. The molecule has 0 unspecified atom stereocenters. The van der Waals surface area contributed by atoms with E-state index in [-0.39, 0.29) is 19.0 Å². The first kappa shape index (κ1) is 18.8. The zero-order chi connectivity index (χ0) is 18.8. The van der Waals surface area contributed by atoms with Crippen molar-refractivity contribution in [3.63, 3.8) is 0 Å². The van der Waals surface area contributed by atoms with Crippen molar-refractivity contribution >= 4 is 11.9 Å². The fourth-order valence-electron chi connectivity index (χ4n) is 2.02. The summed E-state index contributed by atoms with van der Waals surface area (Å²) in [4.78, 5) is 22.9. The molecule has 0 fully saturated rings. The van der Waals surface area contributed by atoms with E-state index in [4.69, 9.17) is 10.8 Å². The number of carboxylic acids is 1. The van der Waals surface area contributed by atoms with Crippen LogP contribution in [0, 0.1) is 29.6 Å². The van der Waals surface area contributed by atoms with Crippen molar-refractivity contribution in [2.75, 3.05) is 13.1 Å². The van der Waals surface area contributed by atoms with Gasteiger partial charge in [-0.25, -0.2) is 0 Å². The summed E-state index contributed by atoms with van der Waals surface area (Å²) in [6, 6.07) is 16.2. The third-order valence-electron chi connectivity index (χ3n) is 3.54. The van der Waals surface area contributed by atoms with Gasteiger partial charge in [-0.1, -0.05) is 30.0 Å². The smallest absolute Gasteiger partial charge is 0.309 e. The van der Waals surface area contributed by atoms with Crippen LogP contribution in [0.4, 0.5) is 0 Å². The Hall–Kier alpha value is -3.54. The third-order valence-corrected chi connectivity index (χ3v) is 3.54. The van der Waals surface area contributed by atoms with Gasteiger partial charge in [-0.3, -0.25) is 9.59 Å². The van der Waals surface area contributed by atoms with Gasteiger partial charge in [-0.2, -0.15) is 0 Å². The number of amides is 1. The molecule has 0 radical (unpaired) electrons. The van der Waals surface area contributed by atoms with Gasteiger partial charge >= 0.3 is 5.97 Å². The summed E-state index contributed by atoms with van der Waals surface area (Å²) in [5.41, 5.74) is 7.40. The molecule has 1 atom stereocenters. The van der Waals surface area contributed by atoms with E-state index in [1.54, 1.807) is 24.3 Å². The molecule has 0 heterocycles. The Bertz CT molecular complexity index is 882. The van der Waals surface area contributed by atoms with Gasteiger partial charge in [0.15, 0.2) is 0 Å². The van der Waals surface area contributed by atoms with E-state index >= 15 is 0 Å². The summed E-state index contributed by atoms with van der Waals surface area (Å²) in [6.45, 7) is -0.0462. The van der Waals surface area contributed by atoms with Gasteiger partial charge in [-0.15, -0.1) is 0 Å². The molecule has 0 spiro atoms. The van der Waals surface area contributed by atoms with Crippen LogP contribution in [-0.2, 0) is 4.79 Å². The predicted octanol–water partition coefficient (Wildman–Crippen LogP) is 1.48.